The number of nitrogens with one attached hydrogen (secondary N) is 1. The zero-order valence-electron chi connectivity index (χ0n) is 12.1. The fraction of sp³-hybridized carbons (Fsp3) is 0.571. The van der Waals surface area contributed by atoms with Gasteiger partial charge in [0.15, 0.2) is 0 Å². The van der Waals surface area contributed by atoms with Crippen molar-refractivity contribution in [3.63, 3.8) is 0 Å². The predicted molar refractivity (Wildman–Crippen MR) is 73.9 cm³/mol. The Balaban J connectivity index is 2.78. The normalized spacial score (nSPS) is 13.6. The van der Waals surface area contributed by atoms with Crippen LogP contribution in [0.15, 0.2) is 16.7 Å². The summed E-state index contributed by atoms with van der Waals surface area (Å²) in [7, 11) is 0. The van der Waals surface area contributed by atoms with Crippen molar-refractivity contribution in [1.82, 2.24) is 5.32 Å². The topological polar surface area (TPSA) is 94.6 Å². The van der Waals surface area contributed by atoms with Gasteiger partial charge in [0.05, 0.1) is 18.7 Å². The number of rotatable bonds is 7. The van der Waals surface area contributed by atoms with E-state index in [2.05, 4.69) is 5.32 Å². The molecule has 0 spiro atoms. The van der Waals surface area contributed by atoms with Crippen molar-refractivity contribution < 1.29 is 18.7 Å². The molecule has 0 bridgehead atoms. The molecule has 0 aliphatic heterocycles. The van der Waals surface area contributed by atoms with Crippen molar-refractivity contribution in [2.45, 2.75) is 39.8 Å². The average molecular weight is 282 g/mol. The zero-order valence-corrected chi connectivity index (χ0v) is 12.1. The number of hydrogen-bond acceptors (Lipinski definition) is 5. The molecule has 0 radical (unpaired) electrons. The number of hydrogen-bond donors (Lipinski definition) is 2. The predicted octanol–water partition coefficient (Wildman–Crippen LogP) is 1.45. The van der Waals surface area contributed by atoms with Crippen LogP contribution in [0.2, 0.25) is 0 Å². The molecule has 6 nitrogen and oxygen atoms in total. The molecule has 1 aromatic rings. The lowest BCUT2D eigenvalue weighted by atomic mass is 9.99. The van der Waals surface area contributed by atoms with Crippen LogP contribution in [-0.4, -0.2) is 24.5 Å². The maximum absolute atomic E-state index is 12.1. The molecular weight excluding hydrogens is 260 g/mol. The first-order chi connectivity index (χ1) is 9.53. The van der Waals surface area contributed by atoms with Crippen LogP contribution in [0.3, 0.4) is 0 Å². The first-order valence-electron chi connectivity index (χ1n) is 6.78. The highest BCUT2D eigenvalue weighted by Crippen LogP contribution is 2.12. The van der Waals surface area contributed by atoms with Gasteiger partial charge in [0.2, 0.25) is 0 Å². The Morgan fingerprint density at radius 1 is 1.45 bits per heavy atom. The van der Waals surface area contributed by atoms with Crippen LogP contribution in [-0.2, 0) is 16.1 Å². The summed E-state index contributed by atoms with van der Waals surface area (Å²) >= 11 is 0. The van der Waals surface area contributed by atoms with Crippen LogP contribution in [0.4, 0.5) is 0 Å². The first kappa shape index (κ1) is 16.2. The minimum atomic E-state index is -0.663. The standard InChI is InChI=1S/C14H22N2O4/c1-4-9(3)12(14(18)19-5-2)16-13(17)10-6-11(7-15)20-8-10/h6,8-9,12H,4-5,7,15H2,1-3H3,(H,16,17). The van der Waals surface area contributed by atoms with Crippen LogP contribution in [0, 0.1) is 5.92 Å². The second-order valence-electron chi connectivity index (χ2n) is 4.59. The van der Waals surface area contributed by atoms with E-state index < -0.39 is 12.0 Å². The Morgan fingerprint density at radius 2 is 2.15 bits per heavy atom. The molecule has 0 aliphatic rings. The van der Waals surface area contributed by atoms with Crippen molar-refractivity contribution in [2.24, 2.45) is 11.7 Å². The van der Waals surface area contributed by atoms with E-state index in [1.165, 1.54) is 6.26 Å². The fourth-order valence-corrected chi connectivity index (χ4v) is 1.73. The van der Waals surface area contributed by atoms with Gasteiger partial charge >= 0.3 is 5.97 Å². The molecule has 0 saturated heterocycles. The van der Waals surface area contributed by atoms with Gasteiger partial charge < -0.3 is 20.2 Å². The second kappa shape index (κ2) is 7.69. The van der Waals surface area contributed by atoms with Gasteiger partial charge in [-0.1, -0.05) is 20.3 Å². The summed E-state index contributed by atoms with van der Waals surface area (Å²) in [5.74, 6) is -0.283. The third-order valence-electron chi connectivity index (χ3n) is 3.16. The highest BCUT2D eigenvalue weighted by molar-refractivity contribution is 5.96. The summed E-state index contributed by atoms with van der Waals surface area (Å²) in [5.41, 5.74) is 5.77. The molecule has 0 fully saturated rings. The number of furan rings is 1. The van der Waals surface area contributed by atoms with Gasteiger partial charge in [0.25, 0.3) is 5.91 Å². The summed E-state index contributed by atoms with van der Waals surface area (Å²) in [6.45, 7) is 6.08. The van der Waals surface area contributed by atoms with Gasteiger partial charge in [-0.2, -0.15) is 0 Å². The lowest BCUT2D eigenvalue weighted by Crippen LogP contribution is -2.45. The Bertz CT molecular complexity index is 456. The van der Waals surface area contributed by atoms with E-state index >= 15 is 0 Å². The van der Waals surface area contributed by atoms with E-state index in [0.717, 1.165) is 6.42 Å². The SMILES string of the molecule is CCOC(=O)C(NC(=O)c1coc(CN)c1)C(C)CC. The lowest BCUT2D eigenvalue weighted by Gasteiger charge is -2.22. The molecule has 1 heterocycles. The maximum atomic E-state index is 12.1. The van der Waals surface area contributed by atoms with E-state index in [4.69, 9.17) is 14.9 Å². The smallest absolute Gasteiger partial charge is 0.328 e. The van der Waals surface area contributed by atoms with Gasteiger partial charge in [0.1, 0.15) is 18.1 Å². The van der Waals surface area contributed by atoms with E-state index in [-0.39, 0.29) is 25.0 Å². The second-order valence-corrected chi connectivity index (χ2v) is 4.59. The van der Waals surface area contributed by atoms with Crippen molar-refractivity contribution in [1.29, 1.82) is 0 Å². The third-order valence-corrected chi connectivity index (χ3v) is 3.16. The summed E-state index contributed by atoms with van der Waals surface area (Å²) < 4.78 is 10.1. The van der Waals surface area contributed by atoms with E-state index in [1.54, 1.807) is 13.0 Å². The van der Waals surface area contributed by atoms with E-state index in [0.29, 0.717) is 11.3 Å². The molecule has 112 valence electrons. The molecule has 2 unspecified atom stereocenters. The molecule has 1 amide bonds. The van der Waals surface area contributed by atoms with Gasteiger partial charge in [-0.25, -0.2) is 4.79 Å². The Labute approximate surface area is 118 Å². The molecule has 3 N–H and O–H groups in total. The van der Waals surface area contributed by atoms with Gasteiger partial charge in [0, 0.05) is 0 Å². The van der Waals surface area contributed by atoms with Gasteiger partial charge in [-0.05, 0) is 18.9 Å². The molecule has 6 heteroatoms. The quantitative estimate of drug-likeness (QED) is 0.738. The summed E-state index contributed by atoms with van der Waals surface area (Å²) in [4.78, 5) is 24.0. The van der Waals surface area contributed by atoms with Gasteiger partial charge in [-0.3, -0.25) is 4.79 Å². The third kappa shape index (κ3) is 4.09. The zero-order chi connectivity index (χ0) is 15.1. The monoisotopic (exact) mass is 282 g/mol. The minimum absolute atomic E-state index is 0.0149. The van der Waals surface area contributed by atoms with E-state index in [9.17, 15) is 9.59 Å². The van der Waals surface area contributed by atoms with Crippen LogP contribution >= 0.6 is 0 Å². The molecule has 20 heavy (non-hydrogen) atoms. The average Bonchev–Trinajstić information content (AvgIpc) is 2.92. The molecular formula is C14H22N2O4. The molecule has 0 aliphatic carbocycles. The Morgan fingerprint density at radius 3 is 2.65 bits per heavy atom. The first-order valence-corrected chi connectivity index (χ1v) is 6.78. The van der Waals surface area contributed by atoms with Gasteiger partial charge in [-0.15, -0.1) is 0 Å². The highest BCUT2D eigenvalue weighted by Gasteiger charge is 2.27. The number of esters is 1. The van der Waals surface area contributed by atoms with E-state index in [1.807, 2.05) is 13.8 Å². The van der Waals surface area contributed by atoms with Crippen molar-refractivity contribution in [3.8, 4) is 0 Å². The molecule has 1 aromatic heterocycles. The molecule has 0 aromatic carbocycles. The Hall–Kier alpha value is -1.82. The van der Waals surface area contributed by atoms with Crippen molar-refractivity contribution in [2.75, 3.05) is 6.61 Å². The maximum Gasteiger partial charge on any atom is 0.328 e. The number of carbonyl (C=O) groups is 2. The summed E-state index contributed by atoms with van der Waals surface area (Å²) in [6, 6.07) is 0.900. The van der Waals surface area contributed by atoms with Crippen molar-refractivity contribution >= 4 is 11.9 Å². The van der Waals surface area contributed by atoms with Crippen LogP contribution in [0.25, 0.3) is 0 Å². The Kier molecular flexibility index (Phi) is 6.24. The summed E-state index contributed by atoms with van der Waals surface area (Å²) in [5, 5.41) is 2.69. The van der Waals surface area contributed by atoms with Crippen LogP contribution in [0.5, 0.6) is 0 Å². The fourth-order valence-electron chi connectivity index (χ4n) is 1.73. The largest absolute Gasteiger partial charge is 0.467 e. The van der Waals surface area contributed by atoms with Crippen molar-refractivity contribution in [3.05, 3.63) is 23.7 Å². The van der Waals surface area contributed by atoms with Crippen LogP contribution < -0.4 is 11.1 Å². The summed E-state index contributed by atoms with van der Waals surface area (Å²) in [6.07, 6.45) is 2.08. The molecule has 1 rings (SSSR count). The van der Waals surface area contributed by atoms with Crippen LogP contribution in [0.1, 0.15) is 43.3 Å². The minimum Gasteiger partial charge on any atom is -0.467 e. The number of carbonyl (C=O) groups excluding carboxylic acids is 2. The highest BCUT2D eigenvalue weighted by atomic mass is 16.5. The number of ether oxygens (including phenoxy) is 1. The number of amides is 1. The number of nitrogens with two attached hydrogens (primary N) is 1. The molecule has 2 atom stereocenters. The lowest BCUT2D eigenvalue weighted by molar-refractivity contribution is -0.146. The molecule has 0 saturated carbocycles.